The lowest BCUT2D eigenvalue weighted by atomic mass is 10.1. The first-order valence-electron chi connectivity index (χ1n) is 7.35. The summed E-state index contributed by atoms with van der Waals surface area (Å²) in [4.78, 5) is 12.1. The highest BCUT2D eigenvalue weighted by atomic mass is 35.5. The van der Waals surface area contributed by atoms with E-state index in [1.807, 2.05) is 32.0 Å². The molecule has 0 fully saturated rings. The van der Waals surface area contributed by atoms with Crippen LogP contribution < -0.4 is 19.5 Å². The van der Waals surface area contributed by atoms with E-state index < -0.39 is 0 Å². The van der Waals surface area contributed by atoms with E-state index >= 15 is 0 Å². The lowest BCUT2D eigenvalue weighted by Gasteiger charge is -2.13. The molecule has 2 rings (SSSR count). The molecule has 0 atom stereocenters. The molecule has 0 aliphatic rings. The van der Waals surface area contributed by atoms with Crippen LogP contribution in [0.15, 0.2) is 30.3 Å². The van der Waals surface area contributed by atoms with Crippen molar-refractivity contribution in [2.45, 2.75) is 13.8 Å². The van der Waals surface area contributed by atoms with Gasteiger partial charge in [-0.3, -0.25) is 4.79 Å². The van der Waals surface area contributed by atoms with Gasteiger partial charge in [0.25, 0.3) is 5.91 Å². The van der Waals surface area contributed by atoms with Crippen LogP contribution in [0, 0.1) is 13.8 Å². The Kier molecular flexibility index (Phi) is 5.93. The molecular formula is C18H20ClNO4. The molecule has 0 heterocycles. The second-order valence-corrected chi connectivity index (χ2v) is 5.75. The van der Waals surface area contributed by atoms with Crippen LogP contribution in [0.1, 0.15) is 11.1 Å². The average Bonchev–Trinajstić information content (AvgIpc) is 2.52. The van der Waals surface area contributed by atoms with Gasteiger partial charge in [0, 0.05) is 6.07 Å². The van der Waals surface area contributed by atoms with Gasteiger partial charge in [0.15, 0.2) is 6.61 Å². The molecule has 0 saturated heterocycles. The van der Waals surface area contributed by atoms with Gasteiger partial charge in [-0.1, -0.05) is 17.7 Å². The zero-order valence-corrected chi connectivity index (χ0v) is 14.9. The number of benzene rings is 2. The quantitative estimate of drug-likeness (QED) is 0.856. The number of nitrogens with one attached hydrogen (secondary N) is 1. The molecule has 0 bridgehead atoms. The third kappa shape index (κ3) is 4.55. The van der Waals surface area contributed by atoms with Gasteiger partial charge in [-0.2, -0.15) is 0 Å². The SMILES string of the molecule is COc1cc(OC)c(NC(=O)COc2cc(C)cc(C)c2)cc1Cl. The minimum absolute atomic E-state index is 0.115. The highest BCUT2D eigenvalue weighted by molar-refractivity contribution is 6.32. The Morgan fingerprint density at radius 3 is 2.21 bits per heavy atom. The molecule has 0 radical (unpaired) electrons. The molecule has 128 valence electrons. The first-order chi connectivity index (χ1) is 11.4. The van der Waals surface area contributed by atoms with Crippen LogP contribution in [0.2, 0.25) is 5.02 Å². The minimum atomic E-state index is -0.311. The van der Waals surface area contributed by atoms with E-state index in [2.05, 4.69) is 5.32 Å². The molecule has 24 heavy (non-hydrogen) atoms. The lowest BCUT2D eigenvalue weighted by molar-refractivity contribution is -0.118. The summed E-state index contributed by atoms with van der Waals surface area (Å²) in [6.45, 7) is 3.84. The standard InChI is InChI=1S/C18H20ClNO4/c1-11-5-12(2)7-13(6-11)24-10-18(21)20-15-8-14(19)16(22-3)9-17(15)23-4/h5-9H,10H2,1-4H3,(H,20,21). The number of carbonyl (C=O) groups excluding carboxylic acids is 1. The van der Waals surface area contributed by atoms with Crippen molar-refractivity contribution in [3.05, 3.63) is 46.5 Å². The Labute approximate surface area is 146 Å². The molecule has 6 heteroatoms. The van der Waals surface area contributed by atoms with Gasteiger partial charge in [0.05, 0.1) is 24.9 Å². The third-order valence-electron chi connectivity index (χ3n) is 3.31. The molecule has 2 aromatic rings. The van der Waals surface area contributed by atoms with Gasteiger partial charge in [0.1, 0.15) is 17.2 Å². The van der Waals surface area contributed by atoms with Crippen LogP contribution in [0.3, 0.4) is 0 Å². The Hall–Kier alpha value is -2.40. The van der Waals surface area contributed by atoms with Crippen LogP contribution in [0.25, 0.3) is 0 Å². The van der Waals surface area contributed by atoms with Gasteiger partial charge in [0.2, 0.25) is 0 Å². The summed E-state index contributed by atoms with van der Waals surface area (Å²) in [6.07, 6.45) is 0. The molecule has 0 saturated carbocycles. The van der Waals surface area contributed by atoms with Crippen molar-refractivity contribution in [1.82, 2.24) is 0 Å². The minimum Gasteiger partial charge on any atom is -0.495 e. The van der Waals surface area contributed by atoms with Gasteiger partial charge in [-0.25, -0.2) is 0 Å². The van der Waals surface area contributed by atoms with Crippen LogP contribution in [-0.4, -0.2) is 26.7 Å². The van der Waals surface area contributed by atoms with Crippen molar-refractivity contribution < 1.29 is 19.0 Å². The highest BCUT2D eigenvalue weighted by Crippen LogP contribution is 2.35. The average molecular weight is 350 g/mol. The van der Waals surface area contributed by atoms with Crippen LogP contribution >= 0.6 is 11.6 Å². The summed E-state index contributed by atoms with van der Waals surface area (Å²) in [6, 6.07) is 8.99. The summed E-state index contributed by atoms with van der Waals surface area (Å²) in [5, 5.41) is 3.10. The summed E-state index contributed by atoms with van der Waals surface area (Å²) < 4.78 is 15.9. The number of anilines is 1. The zero-order chi connectivity index (χ0) is 17.7. The van der Waals surface area contributed by atoms with E-state index in [4.69, 9.17) is 25.8 Å². The number of halogens is 1. The van der Waals surface area contributed by atoms with Gasteiger partial charge < -0.3 is 19.5 Å². The second-order valence-electron chi connectivity index (χ2n) is 5.35. The number of amides is 1. The van der Waals surface area contributed by atoms with Crippen molar-refractivity contribution in [2.24, 2.45) is 0 Å². The molecule has 0 spiro atoms. The first-order valence-corrected chi connectivity index (χ1v) is 7.73. The Bertz CT molecular complexity index is 726. The number of hydrogen-bond acceptors (Lipinski definition) is 4. The third-order valence-corrected chi connectivity index (χ3v) is 3.61. The molecule has 5 nitrogen and oxygen atoms in total. The van der Waals surface area contributed by atoms with Crippen molar-refractivity contribution in [3.8, 4) is 17.2 Å². The maximum Gasteiger partial charge on any atom is 0.262 e. The number of carbonyl (C=O) groups is 1. The van der Waals surface area contributed by atoms with Gasteiger partial charge in [-0.15, -0.1) is 0 Å². The van der Waals surface area contributed by atoms with Crippen molar-refractivity contribution in [3.63, 3.8) is 0 Å². The number of aryl methyl sites for hydroxylation is 2. The number of hydrogen-bond donors (Lipinski definition) is 1. The molecular weight excluding hydrogens is 330 g/mol. The van der Waals surface area contributed by atoms with Crippen molar-refractivity contribution in [2.75, 3.05) is 26.1 Å². The van der Waals surface area contributed by atoms with Crippen LogP contribution in [0.5, 0.6) is 17.2 Å². The maximum atomic E-state index is 12.1. The van der Waals surface area contributed by atoms with Gasteiger partial charge >= 0.3 is 0 Å². The molecule has 0 aromatic heterocycles. The van der Waals surface area contributed by atoms with E-state index in [1.165, 1.54) is 14.2 Å². The van der Waals surface area contributed by atoms with E-state index in [1.54, 1.807) is 12.1 Å². The fourth-order valence-electron chi connectivity index (χ4n) is 2.31. The molecule has 0 unspecified atom stereocenters. The topological polar surface area (TPSA) is 56.8 Å². The normalized spacial score (nSPS) is 10.2. The molecule has 1 N–H and O–H groups in total. The Morgan fingerprint density at radius 2 is 1.62 bits per heavy atom. The molecule has 0 aliphatic heterocycles. The van der Waals surface area contributed by atoms with Crippen molar-refractivity contribution >= 4 is 23.2 Å². The summed E-state index contributed by atoms with van der Waals surface area (Å²) in [7, 11) is 3.01. The summed E-state index contributed by atoms with van der Waals surface area (Å²) in [5.41, 5.74) is 2.61. The van der Waals surface area contributed by atoms with E-state index in [-0.39, 0.29) is 12.5 Å². The Morgan fingerprint density at radius 1 is 1.00 bits per heavy atom. The monoisotopic (exact) mass is 349 g/mol. The van der Waals surface area contributed by atoms with E-state index in [9.17, 15) is 4.79 Å². The first kappa shape index (κ1) is 17.9. The predicted octanol–water partition coefficient (Wildman–Crippen LogP) is 3.99. The fraction of sp³-hybridized carbons (Fsp3) is 0.278. The van der Waals surface area contributed by atoms with E-state index in [0.29, 0.717) is 28.0 Å². The molecule has 0 aliphatic carbocycles. The number of rotatable bonds is 6. The Balaban J connectivity index is 2.05. The summed E-state index contributed by atoms with van der Waals surface area (Å²) >= 11 is 6.09. The summed E-state index contributed by atoms with van der Waals surface area (Å²) in [5.74, 6) is 1.27. The molecule has 1 amide bonds. The number of methoxy groups -OCH3 is 2. The maximum absolute atomic E-state index is 12.1. The second kappa shape index (κ2) is 7.93. The zero-order valence-electron chi connectivity index (χ0n) is 14.1. The van der Waals surface area contributed by atoms with E-state index in [0.717, 1.165) is 11.1 Å². The largest absolute Gasteiger partial charge is 0.495 e. The highest BCUT2D eigenvalue weighted by Gasteiger charge is 2.13. The predicted molar refractivity (Wildman–Crippen MR) is 94.6 cm³/mol. The fourth-order valence-corrected chi connectivity index (χ4v) is 2.55. The molecule has 2 aromatic carbocycles. The number of ether oxygens (including phenoxy) is 3. The van der Waals surface area contributed by atoms with Crippen molar-refractivity contribution in [1.29, 1.82) is 0 Å². The smallest absolute Gasteiger partial charge is 0.262 e. The van der Waals surface area contributed by atoms with Crippen LogP contribution in [0.4, 0.5) is 5.69 Å². The van der Waals surface area contributed by atoms with Gasteiger partial charge in [-0.05, 0) is 43.2 Å². The lowest BCUT2D eigenvalue weighted by Crippen LogP contribution is -2.20. The van der Waals surface area contributed by atoms with Crippen LogP contribution in [-0.2, 0) is 4.79 Å².